The normalized spacial score (nSPS) is 17.9. The molecule has 1 atom stereocenters. The number of carbonyl (C=O) groups is 1. The maximum atomic E-state index is 11.6. The van der Waals surface area contributed by atoms with Crippen LogP contribution in [0.1, 0.15) is 5.56 Å². The topological polar surface area (TPSA) is 23.6 Å². The number of likely N-dealkylation sites (N-methyl/N-ethyl adjacent to an activating group) is 2. The zero-order valence-electron chi connectivity index (χ0n) is 11.2. The van der Waals surface area contributed by atoms with E-state index in [0.29, 0.717) is 11.8 Å². The molecule has 1 aromatic rings. The van der Waals surface area contributed by atoms with Crippen LogP contribution in [-0.4, -0.2) is 55.2 Å². The van der Waals surface area contributed by atoms with Gasteiger partial charge in [-0.15, -0.1) is 11.8 Å². The van der Waals surface area contributed by atoms with Crippen LogP contribution in [0.2, 0.25) is 0 Å². The van der Waals surface area contributed by atoms with Crippen molar-refractivity contribution in [1.29, 1.82) is 0 Å². The first-order valence-corrected chi connectivity index (χ1v) is 7.07. The quantitative estimate of drug-likeness (QED) is 0.827. The van der Waals surface area contributed by atoms with Gasteiger partial charge in [-0.3, -0.25) is 9.69 Å². The van der Waals surface area contributed by atoms with Crippen LogP contribution in [0.5, 0.6) is 0 Å². The van der Waals surface area contributed by atoms with Crippen molar-refractivity contribution in [3.63, 3.8) is 0 Å². The van der Waals surface area contributed by atoms with Gasteiger partial charge >= 0.3 is 0 Å². The maximum Gasteiger partial charge on any atom is 0.236 e. The minimum atomic E-state index is 0.165. The van der Waals surface area contributed by atoms with E-state index < -0.39 is 0 Å². The molecule has 1 heterocycles. The lowest BCUT2D eigenvalue weighted by Crippen LogP contribution is -2.37. The van der Waals surface area contributed by atoms with E-state index in [-0.39, 0.29) is 5.91 Å². The van der Waals surface area contributed by atoms with Crippen LogP contribution < -0.4 is 0 Å². The molecule has 0 fully saturated rings. The number of benzene rings is 1. The summed E-state index contributed by atoms with van der Waals surface area (Å²) in [5.74, 6) is 0.165. The average molecular weight is 264 g/mol. The summed E-state index contributed by atoms with van der Waals surface area (Å²) in [4.78, 5) is 16.8. The van der Waals surface area contributed by atoms with Crippen molar-refractivity contribution in [3.05, 3.63) is 29.8 Å². The van der Waals surface area contributed by atoms with Gasteiger partial charge in [-0.25, -0.2) is 0 Å². The number of amides is 1. The second kappa shape index (κ2) is 5.76. The maximum absolute atomic E-state index is 11.6. The minimum absolute atomic E-state index is 0.165. The molecule has 0 bridgehead atoms. The van der Waals surface area contributed by atoms with Gasteiger partial charge in [0.15, 0.2) is 0 Å². The molecule has 1 aliphatic rings. The molecule has 0 saturated heterocycles. The molecular weight excluding hydrogens is 244 g/mol. The Balaban J connectivity index is 1.84. The minimum Gasteiger partial charge on any atom is -0.348 e. The number of nitrogens with zero attached hydrogens (tertiary/aromatic N) is 2. The lowest BCUT2D eigenvalue weighted by molar-refractivity contribution is -0.129. The first-order valence-electron chi connectivity index (χ1n) is 6.19. The zero-order chi connectivity index (χ0) is 13.1. The van der Waals surface area contributed by atoms with Crippen molar-refractivity contribution >= 4 is 17.7 Å². The molecule has 1 aromatic carbocycles. The highest BCUT2D eigenvalue weighted by molar-refractivity contribution is 8.00. The van der Waals surface area contributed by atoms with E-state index >= 15 is 0 Å². The predicted octanol–water partition coefficient (Wildman–Crippen LogP) is 1.72. The number of thioether (sulfide) groups is 1. The lowest BCUT2D eigenvalue weighted by atomic mass is 10.1. The smallest absolute Gasteiger partial charge is 0.236 e. The molecule has 0 aromatic heterocycles. The summed E-state index contributed by atoms with van der Waals surface area (Å²) < 4.78 is 0. The summed E-state index contributed by atoms with van der Waals surface area (Å²) in [5.41, 5.74) is 1.44. The van der Waals surface area contributed by atoms with E-state index in [1.165, 1.54) is 10.5 Å². The third kappa shape index (κ3) is 3.27. The molecule has 1 aliphatic heterocycles. The number of fused-ring (bicyclic) bond motifs is 1. The van der Waals surface area contributed by atoms with E-state index in [2.05, 4.69) is 29.2 Å². The Kier molecular flexibility index (Phi) is 4.30. The molecule has 0 aliphatic carbocycles. The summed E-state index contributed by atoms with van der Waals surface area (Å²) in [6.07, 6.45) is 1.11. The monoisotopic (exact) mass is 264 g/mol. The molecule has 2 rings (SSSR count). The van der Waals surface area contributed by atoms with Crippen molar-refractivity contribution in [3.8, 4) is 0 Å². The van der Waals surface area contributed by atoms with Crippen LogP contribution in [0.3, 0.4) is 0 Å². The van der Waals surface area contributed by atoms with Crippen molar-refractivity contribution < 1.29 is 4.79 Å². The van der Waals surface area contributed by atoms with Gasteiger partial charge in [-0.1, -0.05) is 18.2 Å². The first-order chi connectivity index (χ1) is 8.56. The molecule has 0 radical (unpaired) electrons. The van der Waals surface area contributed by atoms with Gasteiger partial charge in [0.25, 0.3) is 0 Å². The molecule has 4 heteroatoms. The van der Waals surface area contributed by atoms with Crippen LogP contribution in [0.15, 0.2) is 29.2 Å². The number of rotatable bonds is 4. The highest BCUT2D eigenvalue weighted by Gasteiger charge is 2.23. The van der Waals surface area contributed by atoms with Crippen LogP contribution in [0, 0.1) is 0 Å². The average Bonchev–Trinajstić information content (AvgIpc) is 2.70. The number of hydrogen-bond donors (Lipinski definition) is 0. The second-order valence-corrected chi connectivity index (χ2v) is 6.38. The zero-order valence-corrected chi connectivity index (χ0v) is 12.0. The van der Waals surface area contributed by atoms with Crippen molar-refractivity contribution in [2.24, 2.45) is 0 Å². The first kappa shape index (κ1) is 13.4. The Hall–Kier alpha value is -1.00. The standard InChI is InChI=1S/C14H20N2OS/c1-15(2)14(17)10-16(3)9-12-8-11-6-4-5-7-13(11)18-12/h4-7,12H,8-10H2,1-3H3. The summed E-state index contributed by atoms with van der Waals surface area (Å²) in [5, 5.41) is 0.572. The largest absolute Gasteiger partial charge is 0.348 e. The van der Waals surface area contributed by atoms with Gasteiger partial charge in [-0.2, -0.15) is 0 Å². The van der Waals surface area contributed by atoms with Gasteiger partial charge in [0, 0.05) is 30.8 Å². The Morgan fingerprint density at radius 1 is 1.33 bits per heavy atom. The molecule has 98 valence electrons. The Morgan fingerprint density at radius 2 is 2.06 bits per heavy atom. The Morgan fingerprint density at radius 3 is 2.72 bits per heavy atom. The summed E-state index contributed by atoms with van der Waals surface area (Å²) >= 11 is 1.93. The van der Waals surface area contributed by atoms with Gasteiger partial charge in [0.1, 0.15) is 0 Å². The van der Waals surface area contributed by atoms with Crippen LogP contribution in [0.4, 0.5) is 0 Å². The van der Waals surface area contributed by atoms with Gasteiger partial charge in [0.2, 0.25) is 5.91 Å². The van der Waals surface area contributed by atoms with E-state index in [4.69, 9.17) is 0 Å². The Bertz CT molecular complexity index is 409. The fraction of sp³-hybridized carbons (Fsp3) is 0.500. The van der Waals surface area contributed by atoms with Crippen molar-refractivity contribution in [2.75, 3.05) is 34.2 Å². The van der Waals surface area contributed by atoms with Crippen LogP contribution >= 0.6 is 11.8 Å². The number of carbonyl (C=O) groups excluding carboxylic acids is 1. The molecule has 1 unspecified atom stereocenters. The molecule has 0 N–H and O–H groups in total. The molecule has 0 spiro atoms. The number of hydrogen-bond acceptors (Lipinski definition) is 3. The summed E-state index contributed by atoms with van der Waals surface area (Å²) in [7, 11) is 5.62. The van der Waals surface area contributed by atoms with E-state index in [9.17, 15) is 4.79 Å². The van der Waals surface area contributed by atoms with Crippen molar-refractivity contribution in [1.82, 2.24) is 9.80 Å². The Labute approximate surface area is 113 Å². The molecule has 0 saturated carbocycles. The van der Waals surface area contributed by atoms with Crippen molar-refractivity contribution in [2.45, 2.75) is 16.6 Å². The van der Waals surface area contributed by atoms with Crippen LogP contribution in [-0.2, 0) is 11.2 Å². The molecule has 3 nitrogen and oxygen atoms in total. The molecule has 18 heavy (non-hydrogen) atoms. The third-order valence-electron chi connectivity index (χ3n) is 3.13. The predicted molar refractivity (Wildman–Crippen MR) is 76.0 cm³/mol. The summed E-state index contributed by atoms with van der Waals surface area (Å²) in [6, 6.07) is 8.58. The fourth-order valence-corrected chi connectivity index (χ4v) is 3.55. The fourth-order valence-electron chi connectivity index (χ4n) is 2.14. The van der Waals surface area contributed by atoms with Gasteiger partial charge < -0.3 is 4.90 Å². The molecule has 1 amide bonds. The van der Waals surface area contributed by atoms with E-state index in [1.54, 1.807) is 19.0 Å². The van der Waals surface area contributed by atoms with E-state index in [1.807, 2.05) is 18.8 Å². The lowest BCUT2D eigenvalue weighted by Gasteiger charge is -2.21. The molecular formula is C14H20N2OS. The third-order valence-corrected chi connectivity index (χ3v) is 4.43. The summed E-state index contributed by atoms with van der Waals surface area (Å²) in [6.45, 7) is 1.46. The highest BCUT2D eigenvalue weighted by atomic mass is 32.2. The van der Waals surface area contributed by atoms with Gasteiger partial charge in [-0.05, 0) is 25.1 Å². The SMILES string of the molecule is CN(CC(=O)N(C)C)CC1Cc2ccccc2S1. The second-order valence-electron chi connectivity index (χ2n) is 5.04. The van der Waals surface area contributed by atoms with Gasteiger partial charge in [0.05, 0.1) is 6.54 Å². The highest BCUT2D eigenvalue weighted by Crippen LogP contribution is 2.36. The van der Waals surface area contributed by atoms with E-state index in [0.717, 1.165) is 13.0 Å². The van der Waals surface area contributed by atoms with Crippen LogP contribution in [0.25, 0.3) is 0 Å².